The Bertz CT molecular complexity index is 175. The monoisotopic (exact) mass is 183 g/mol. The van der Waals surface area contributed by atoms with Crippen molar-refractivity contribution in [3.05, 3.63) is 0 Å². The Morgan fingerprint density at radius 3 is 2.38 bits per heavy atom. The number of hydrogen-bond donors (Lipinski definition) is 2. The summed E-state index contributed by atoms with van der Waals surface area (Å²) >= 11 is 0. The van der Waals surface area contributed by atoms with E-state index in [2.05, 4.69) is 13.8 Å². The fraction of sp³-hybridized carbons (Fsp3) is 0.909. The zero-order chi connectivity index (χ0) is 9.84. The highest BCUT2D eigenvalue weighted by Gasteiger charge is 2.31. The van der Waals surface area contributed by atoms with Crippen molar-refractivity contribution in [3.63, 3.8) is 0 Å². The van der Waals surface area contributed by atoms with E-state index in [1.165, 1.54) is 0 Å². The molecule has 1 saturated carbocycles. The third kappa shape index (κ3) is 2.31. The van der Waals surface area contributed by atoms with Gasteiger partial charge in [-0.3, -0.25) is 0 Å². The van der Waals surface area contributed by atoms with Gasteiger partial charge in [0.15, 0.2) is 0 Å². The molecule has 0 aliphatic heterocycles. The van der Waals surface area contributed by atoms with Gasteiger partial charge in [-0.15, -0.1) is 0 Å². The molecular weight excluding hydrogens is 162 g/mol. The quantitative estimate of drug-likeness (QED) is 0.646. The highest BCUT2D eigenvalue weighted by molar-refractivity contribution is 5.86. The van der Waals surface area contributed by atoms with Gasteiger partial charge in [-0.05, 0) is 31.6 Å². The Morgan fingerprint density at radius 1 is 1.38 bits per heavy atom. The van der Waals surface area contributed by atoms with Crippen LogP contribution in [0, 0.1) is 17.2 Å². The summed E-state index contributed by atoms with van der Waals surface area (Å²) < 4.78 is 0. The molecule has 1 aliphatic carbocycles. The Kier molecular flexibility index (Phi) is 3.91. The molecular formula is C11H21NO. The maximum absolute atomic E-state index is 9.66. The third-order valence-corrected chi connectivity index (χ3v) is 3.30. The highest BCUT2D eigenvalue weighted by Crippen LogP contribution is 2.30. The van der Waals surface area contributed by atoms with Crippen LogP contribution in [-0.4, -0.2) is 16.9 Å². The molecule has 0 amide bonds. The van der Waals surface area contributed by atoms with Gasteiger partial charge in [0.1, 0.15) is 0 Å². The van der Waals surface area contributed by atoms with Crippen LogP contribution in [0.5, 0.6) is 0 Å². The summed E-state index contributed by atoms with van der Waals surface area (Å²) in [6.45, 7) is 4.26. The van der Waals surface area contributed by atoms with Crippen LogP contribution in [0.3, 0.4) is 0 Å². The molecule has 0 radical (unpaired) electrons. The maximum Gasteiger partial charge on any atom is 0.0620 e. The molecule has 0 heterocycles. The van der Waals surface area contributed by atoms with Crippen LogP contribution in [-0.2, 0) is 0 Å². The molecule has 13 heavy (non-hydrogen) atoms. The van der Waals surface area contributed by atoms with E-state index in [0.717, 1.165) is 37.8 Å². The number of rotatable bonds is 4. The minimum absolute atomic E-state index is 0.171. The lowest BCUT2D eigenvalue weighted by Crippen LogP contribution is -2.28. The SMILES string of the molecule is CCC(CC)C(=N)[C@H]1CCC[C@H]1O. The summed E-state index contributed by atoms with van der Waals surface area (Å²) in [4.78, 5) is 0. The molecule has 2 nitrogen and oxygen atoms in total. The first-order valence-electron chi connectivity index (χ1n) is 5.47. The van der Waals surface area contributed by atoms with Crippen molar-refractivity contribution in [1.82, 2.24) is 0 Å². The average Bonchev–Trinajstić information content (AvgIpc) is 2.53. The second-order valence-corrected chi connectivity index (χ2v) is 4.07. The van der Waals surface area contributed by atoms with Crippen molar-refractivity contribution >= 4 is 5.71 Å². The number of aliphatic hydroxyl groups excluding tert-OH is 1. The molecule has 1 fully saturated rings. The van der Waals surface area contributed by atoms with E-state index in [9.17, 15) is 5.11 Å². The fourth-order valence-electron chi connectivity index (χ4n) is 2.33. The van der Waals surface area contributed by atoms with Gasteiger partial charge >= 0.3 is 0 Å². The molecule has 0 bridgehead atoms. The number of hydrogen-bond acceptors (Lipinski definition) is 2. The standard InChI is InChI=1S/C11H21NO/c1-3-8(4-2)11(12)9-6-5-7-10(9)13/h8-10,12-13H,3-7H2,1-2H3/t9-,10+/m0/s1. The van der Waals surface area contributed by atoms with Gasteiger partial charge in [0.25, 0.3) is 0 Å². The van der Waals surface area contributed by atoms with E-state index in [1.807, 2.05) is 0 Å². The largest absolute Gasteiger partial charge is 0.392 e. The average molecular weight is 183 g/mol. The first kappa shape index (κ1) is 10.7. The molecule has 2 N–H and O–H groups in total. The lowest BCUT2D eigenvalue weighted by atomic mass is 9.86. The minimum Gasteiger partial charge on any atom is -0.392 e. The van der Waals surface area contributed by atoms with Crippen LogP contribution in [0.15, 0.2) is 0 Å². The normalized spacial score (nSPS) is 28.3. The Morgan fingerprint density at radius 2 is 2.00 bits per heavy atom. The van der Waals surface area contributed by atoms with Crippen LogP contribution in [0.25, 0.3) is 0 Å². The van der Waals surface area contributed by atoms with Crippen molar-refractivity contribution in [2.45, 2.75) is 52.1 Å². The molecule has 2 heteroatoms. The van der Waals surface area contributed by atoms with Gasteiger partial charge < -0.3 is 10.5 Å². The first-order valence-corrected chi connectivity index (χ1v) is 5.47. The lowest BCUT2D eigenvalue weighted by molar-refractivity contribution is 0.157. The molecule has 0 aromatic rings. The van der Waals surface area contributed by atoms with Gasteiger partial charge in [-0.2, -0.15) is 0 Å². The minimum atomic E-state index is -0.229. The number of aliphatic hydroxyl groups is 1. The van der Waals surface area contributed by atoms with Crippen molar-refractivity contribution in [2.24, 2.45) is 11.8 Å². The van der Waals surface area contributed by atoms with Crippen LogP contribution in [0.4, 0.5) is 0 Å². The van der Waals surface area contributed by atoms with E-state index >= 15 is 0 Å². The smallest absolute Gasteiger partial charge is 0.0620 e. The summed E-state index contributed by atoms with van der Waals surface area (Å²) in [5.41, 5.74) is 0.801. The molecule has 0 unspecified atom stereocenters. The van der Waals surface area contributed by atoms with Gasteiger partial charge in [-0.25, -0.2) is 0 Å². The van der Waals surface area contributed by atoms with E-state index in [4.69, 9.17) is 5.41 Å². The summed E-state index contributed by atoms with van der Waals surface area (Å²) in [7, 11) is 0. The number of nitrogens with one attached hydrogen (secondary N) is 1. The molecule has 0 aromatic heterocycles. The Labute approximate surface area is 80.9 Å². The molecule has 1 aliphatic rings. The summed E-state index contributed by atoms with van der Waals surface area (Å²) in [6, 6.07) is 0. The second-order valence-electron chi connectivity index (χ2n) is 4.07. The fourth-order valence-corrected chi connectivity index (χ4v) is 2.33. The molecule has 0 aromatic carbocycles. The lowest BCUT2D eigenvalue weighted by Gasteiger charge is -2.22. The summed E-state index contributed by atoms with van der Waals surface area (Å²) in [6.07, 6.45) is 4.86. The van der Waals surface area contributed by atoms with Gasteiger partial charge in [-0.1, -0.05) is 20.3 Å². The molecule has 0 spiro atoms. The van der Waals surface area contributed by atoms with Crippen LogP contribution in [0.2, 0.25) is 0 Å². The van der Waals surface area contributed by atoms with Crippen LogP contribution in [0.1, 0.15) is 46.0 Å². The third-order valence-electron chi connectivity index (χ3n) is 3.30. The van der Waals surface area contributed by atoms with Crippen molar-refractivity contribution < 1.29 is 5.11 Å². The Hall–Kier alpha value is -0.370. The van der Waals surface area contributed by atoms with E-state index < -0.39 is 0 Å². The topological polar surface area (TPSA) is 44.1 Å². The van der Waals surface area contributed by atoms with E-state index in [1.54, 1.807) is 0 Å². The zero-order valence-corrected chi connectivity index (χ0v) is 8.71. The van der Waals surface area contributed by atoms with Gasteiger partial charge in [0.05, 0.1) is 6.10 Å². The van der Waals surface area contributed by atoms with Crippen molar-refractivity contribution in [2.75, 3.05) is 0 Å². The first-order chi connectivity index (χ1) is 6.20. The predicted molar refractivity (Wildman–Crippen MR) is 55.1 cm³/mol. The van der Waals surface area contributed by atoms with Crippen LogP contribution < -0.4 is 0 Å². The van der Waals surface area contributed by atoms with E-state index in [0.29, 0.717) is 5.92 Å². The summed E-state index contributed by atoms with van der Waals surface area (Å²) in [5, 5.41) is 17.7. The van der Waals surface area contributed by atoms with Crippen LogP contribution >= 0.6 is 0 Å². The van der Waals surface area contributed by atoms with Gasteiger partial charge in [0, 0.05) is 11.6 Å². The van der Waals surface area contributed by atoms with E-state index in [-0.39, 0.29) is 12.0 Å². The maximum atomic E-state index is 9.66. The predicted octanol–water partition coefficient (Wildman–Crippen LogP) is 2.60. The Balaban J connectivity index is 2.54. The molecule has 2 atom stereocenters. The highest BCUT2D eigenvalue weighted by atomic mass is 16.3. The molecule has 0 saturated heterocycles. The summed E-state index contributed by atoms with van der Waals surface area (Å²) in [5.74, 6) is 0.572. The van der Waals surface area contributed by atoms with Crippen molar-refractivity contribution in [3.8, 4) is 0 Å². The zero-order valence-electron chi connectivity index (χ0n) is 8.71. The second kappa shape index (κ2) is 4.75. The molecule has 1 rings (SSSR count). The molecule has 76 valence electrons. The van der Waals surface area contributed by atoms with Crippen molar-refractivity contribution in [1.29, 1.82) is 5.41 Å². The van der Waals surface area contributed by atoms with Gasteiger partial charge in [0.2, 0.25) is 0 Å².